The van der Waals surface area contributed by atoms with E-state index < -0.39 is 0 Å². The molecule has 0 bridgehead atoms. The number of amides is 1. The summed E-state index contributed by atoms with van der Waals surface area (Å²) in [7, 11) is 0. The molecule has 1 aromatic heterocycles. The first-order valence-corrected chi connectivity index (χ1v) is 8.32. The normalized spacial score (nSPS) is 12.5. The van der Waals surface area contributed by atoms with Crippen molar-refractivity contribution in [2.24, 2.45) is 5.92 Å². The molecule has 0 unspecified atom stereocenters. The highest BCUT2D eigenvalue weighted by Crippen LogP contribution is 2.27. The maximum atomic E-state index is 11.8. The second-order valence-electron chi connectivity index (χ2n) is 6.31. The average Bonchev–Trinajstić information content (AvgIpc) is 3.38. The number of aromatic nitrogens is 1. The molecule has 1 fully saturated rings. The van der Waals surface area contributed by atoms with E-state index in [1.807, 2.05) is 32.0 Å². The molecule has 2 N–H and O–H groups in total. The number of anilines is 1. The van der Waals surface area contributed by atoms with Crippen LogP contribution in [0.2, 0.25) is 0 Å². The van der Waals surface area contributed by atoms with Gasteiger partial charge in [-0.2, -0.15) is 0 Å². The quantitative estimate of drug-likeness (QED) is 0.731. The summed E-state index contributed by atoms with van der Waals surface area (Å²) in [5, 5.41) is 5.99. The molecule has 7 heteroatoms. The van der Waals surface area contributed by atoms with Crippen LogP contribution in [-0.2, 0) is 4.79 Å². The molecular formula is C19H25Cl2N3O2. The Morgan fingerprint density at radius 3 is 2.62 bits per heavy atom. The van der Waals surface area contributed by atoms with Gasteiger partial charge in [0.2, 0.25) is 11.8 Å². The van der Waals surface area contributed by atoms with Crippen molar-refractivity contribution in [2.75, 3.05) is 18.4 Å². The molecule has 1 heterocycles. The van der Waals surface area contributed by atoms with E-state index >= 15 is 0 Å². The van der Waals surface area contributed by atoms with E-state index in [4.69, 9.17) is 4.74 Å². The lowest BCUT2D eigenvalue weighted by atomic mass is 10.1. The fourth-order valence-electron chi connectivity index (χ4n) is 2.38. The molecule has 0 atom stereocenters. The number of rotatable bonds is 7. The highest BCUT2D eigenvalue weighted by Gasteiger charge is 2.20. The lowest BCUT2D eigenvalue weighted by Gasteiger charge is -2.10. The lowest BCUT2D eigenvalue weighted by Crippen LogP contribution is -2.29. The first-order valence-electron chi connectivity index (χ1n) is 8.32. The maximum absolute atomic E-state index is 11.8. The lowest BCUT2D eigenvalue weighted by molar-refractivity contribution is -0.115. The second-order valence-corrected chi connectivity index (χ2v) is 6.31. The molecule has 142 valence electrons. The summed E-state index contributed by atoms with van der Waals surface area (Å²) in [6, 6.07) is 9.49. The largest absolute Gasteiger partial charge is 0.439 e. The Bertz CT molecular complexity index is 719. The summed E-state index contributed by atoms with van der Waals surface area (Å²) in [5.74, 6) is 2.01. The number of halogens is 2. The van der Waals surface area contributed by atoms with Crippen LogP contribution in [0.25, 0.3) is 0 Å². The standard InChI is InChI=1S/C19H23N3O2.2ClH/c1-13-4-3-5-17(14(13)2)24-19-9-8-16(11-21-19)22-18(23)12-20-10-15-6-7-15;;/h3-5,8-9,11,15,20H,6-7,10,12H2,1-2H3,(H,22,23);2*1H. The van der Waals surface area contributed by atoms with Crippen LogP contribution in [0.4, 0.5) is 5.69 Å². The van der Waals surface area contributed by atoms with Crippen LogP contribution in [0.15, 0.2) is 36.5 Å². The number of pyridine rings is 1. The van der Waals surface area contributed by atoms with Gasteiger partial charge in [0.05, 0.1) is 18.4 Å². The fraction of sp³-hybridized carbons (Fsp3) is 0.368. The molecule has 2 aromatic rings. The molecule has 1 aliphatic carbocycles. The maximum Gasteiger partial charge on any atom is 0.238 e. The first kappa shape index (κ1) is 22.2. The number of ether oxygens (including phenoxy) is 1. The number of carbonyl (C=O) groups is 1. The molecular weight excluding hydrogens is 373 g/mol. The zero-order valence-corrected chi connectivity index (χ0v) is 16.6. The number of aryl methyl sites for hydroxylation is 1. The number of carbonyl (C=O) groups excluding carboxylic acids is 1. The smallest absolute Gasteiger partial charge is 0.238 e. The molecule has 0 aliphatic heterocycles. The van der Waals surface area contributed by atoms with Gasteiger partial charge in [-0.05, 0) is 62.4 Å². The van der Waals surface area contributed by atoms with Crippen molar-refractivity contribution in [3.8, 4) is 11.6 Å². The highest BCUT2D eigenvalue weighted by atomic mass is 35.5. The summed E-state index contributed by atoms with van der Waals surface area (Å²) in [6.45, 7) is 5.32. The molecule has 1 aromatic carbocycles. The van der Waals surface area contributed by atoms with Crippen molar-refractivity contribution >= 4 is 36.4 Å². The highest BCUT2D eigenvalue weighted by molar-refractivity contribution is 5.92. The predicted molar refractivity (Wildman–Crippen MR) is 109 cm³/mol. The van der Waals surface area contributed by atoms with E-state index in [9.17, 15) is 4.79 Å². The number of benzene rings is 1. The van der Waals surface area contributed by atoms with E-state index in [0.29, 0.717) is 18.1 Å². The Labute approximate surface area is 166 Å². The minimum atomic E-state index is -0.0550. The van der Waals surface area contributed by atoms with E-state index in [-0.39, 0.29) is 30.7 Å². The molecule has 1 saturated carbocycles. The van der Waals surface area contributed by atoms with Crippen LogP contribution < -0.4 is 15.4 Å². The molecule has 0 spiro atoms. The summed E-state index contributed by atoms with van der Waals surface area (Å²) in [5.41, 5.74) is 2.94. The number of hydrogen-bond donors (Lipinski definition) is 2. The van der Waals surface area contributed by atoms with Gasteiger partial charge in [0.1, 0.15) is 5.75 Å². The van der Waals surface area contributed by atoms with E-state index in [0.717, 1.165) is 23.8 Å². The Balaban J connectivity index is 0.00000169. The SMILES string of the molecule is Cc1cccc(Oc2ccc(NC(=O)CNCC3CC3)cn2)c1C.Cl.Cl. The Hall–Kier alpha value is -1.82. The molecule has 0 radical (unpaired) electrons. The van der Waals surface area contributed by atoms with Crippen molar-refractivity contribution in [1.82, 2.24) is 10.3 Å². The summed E-state index contributed by atoms with van der Waals surface area (Å²) in [6.07, 6.45) is 4.17. The van der Waals surface area contributed by atoms with Gasteiger partial charge >= 0.3 is 0 Å². The molecule has 1 aliphatic rings. The minimum Gasteiger partial charge on any atom is -0.439 e. The van der Waals surface area contributed by atoms with Crippen LogP contribution in [0.1, 0.15) is 24.0 Å². The zero-order chi connectivity index (χ0) is 16.9. The van der Waals surface area contributed by atoms with Gasteiger partial charge in [-0.3, -0.25) is 4.79 Å². The van der Waals surface area contributed by atoms with Crippen LogP contribution in [-0.4, -0.2) is 24.0 Å². The van der Waals surface area contributed by atoms with Gasteiger partial charge in [-0.1, -0.05) is 12.1 Å². The van der Waals surface area contributed by atoms with Gasteiger partial charge in [0.25, 0.3) is 0 Å². The van der Waals surface area contributed by atoms with Gasteiger partial charge in [0.15, 0.2) is 0 Å². The van der Waals surface area contributed by atoms with Crippen molar-refractivity contribution < 1.29 is 9.53 Å². The molecule has 3 rings (SSSR count). The Morgan fingerprint density at radius 2 is 1.96 bits per heavy atom. The minimum absolute atomic E-state index is 0. The average molecular weight is 398 g/mol. The number of nitrogens with zero attached hydrogens (tertiary/aromatic N) is 1. The van der Waals surface area contributed by atoms with Crippen molar-refractivity contribution in [3.63, 3.8) is 0 Å². The number of nitrogens with one attached hydrogen (secondary N) is 2. The Kier molecular flexibility index (Phi) is 8.85. The molecule has 0 saturated heterocycles. The van der Waals surface area contributed by atoms with E-state index in [2.05, 4.69) is 15.6 Å². The van der Waals surface area contributed by atoms with Gasteiger partial charge in [0, 0.05) is 6.07 Å². The van der Waals surface area contributed by atoms with Crippen LogP contribution in [0, 0.1) is 19.8 Å². The van der Waals surface area contributed by atoms with Crippen LogP contribution in [0.5, 0.6) is 11.6 Å². The third-order valence-corrected chi connectivity index (χ3v) is 4.21. The van der Waals surface area contributed by atoms with Crippen LogP contribution in [0.3, 0.4) is 0 Å². The number of hydrogen-bond acceptors (Lipinski definition) is 4. The van der Waals surface area contributed by atoms with Crippen molar-refractivity contribution in [2.45, 2.75) is 26.7 Å². The van der Waals surface area contributed by atoms with Crippen molar-refractivity contribution in [1.29, 1.82) is 0 Å². The van der Waals surface area contributed by atoms with Gasteiger partial charge in [-0.15, -0.1) is 24.8 Å². The predicted octanol–water partition coefficient (Wildman–Crippen LogP) is 4.27. The van der Waals surface area contributed by atoms with Crippen LogP contribution >= 0.6 is 24.8 Å². The summed E-state index contributed by atoms with van der Waals surface area (Å²) < 4.78 is 5.81. The fourth-order valence-corrected chi connectivity index (χ4v) is 2.38. The van der Waals surface area contributed by atoms with E-state index in [1.54, 1.807) is 18.3 Å². The topological polar surface area (TPSA) is 63.2 Å². The summed E-state index contributed by atoms with van der Waals surface area (Å²) in [4.78, 5) is 16.1. The monoisotopic (exact) mass is 397 g/mol. The Morgan fingerprint density at radius 1 is 1.19 bits per heavy atom. The molecule has 1 amide bonds. The third kappa shape index (κ3) is 6.48. The van der Waals surface area contributed by atoms with Gasteiger partial charge in [-0.25, -0.2) is 4.98 Å². The molecule has 5 nitrogen and oxygen atoms in total. The van der Waals surface area contributed by atoms with E-state index in [1.165, 1.54) is 18.4 Å². The van der Waals surface area contributed by atoms with Crippen molar-refractivity contribution in [3.05, 3.63) is 47.7 Å². The molecule has 26 heavy (non-hydrogen) atoms. The second kappa shape index (κ2) is 10.4. The van der Waals surface area contributed by atoms with Gasteiger partial charge < -0.3 is 15.4 Å². The zero-order valence-electron chi connectivity index (χ0n) is 15.0. The first-order chi connectivity index (χ1) is 11.6. The third-order valence-electron chi connectivity index (χ3n) is 4.21. The summed E-state index contributed by atoms with van der Waals surface area (Å²) >= 11 is 0.